The van der Waals surface area contributed by atoms with Crippen LogP contribution in [0.3, 0.4) is 0 Å². The summed E-state index contributed by atoms with van der Waals surface area (Å²) in [5.74, 6) is 1.51. The Hall–Kier alpha value is -1.10. The van der Waals surface area contributed by atoms with Gasteiger partial charge in [0.2, 0.25) is 11.8 Å². The standard InChI is InChI=1S/C16H29N3O2/c1-12(2)18-15(20)9-17-16(21)11-19-8-7-13-5-3-4-6-14(13)10-19/h12-14H,3-11H2,1-2H3,(H,17,21)(H,18,20)/t13-,14-/m1/s1. The molecule has 21 heavy (non-hydrogen) atoms. The van der Waals surface area contributed by atoms with Gasteiger partial charge in [0.15, 0.2) is 0 Å². The number of nitrogens with zero attached hydrogens (tertiary/aromatic N) is 1. The molecule has 0 radical (unpaired) electrons. The zero-order chi connectivity index (χ0) is 15.2. The number of nitrogens with one attached hydrogen (secondary N) is 2. The fraction of sp³-hybridized carbons (Fsp3) is 0.875. The van der Waals surface area contributed by atoms with Crippen LogP contribution in [0.25, 0.3) is 0 Å². The van der Waals surface area contributed by atoms with Gasteiger partial charge in [0.25, 0.3) is 0 Å². The van der Waals surface area contributed by atoms with Crippen LogP contribution in [0.4, 0.5) is 0 Å². The minimum Gasteiger partial charge on any atom is -0.352 e. The number of amides is 2. The number of likely N-dealkylation sites (tertiary alicyclic amines) is 1. The first kappa shape index (κ1) is 16.3. The second-order valence-electron chi connectivity index (χ2n) is 6.83. The lowest BCUT2D eigenvalue weighted by Crippen LogP contribution is -2.47. The smallest absolute Gasteiger partial charge is 0.239 e. The molecule has 0 aromatic rings. The second kappa shape index (κ2) is 7.78. The Balaban J connectivity index is 1.67. The third-order valence-electron chi connectivity index (χ3n) is 4.64. The Kier molecular flexibility index (Phi) is 6.03. The van der Waals surface area contributed by atoms with Gasteiger partial charge in [-0.2, -0.15) is 0 Å². The number of hydrogen-bond donors (Lipinski definition) is 2. The molecule has 1 saturated heterocycles. The maximum Gasteiger partial charge on any atom is 0.239 e. The number of piperidine rings is 1. The highest BCUT2D eigenvalue weighted by molar-refractivity contribution is 5.85. The van der Waals surface area contributed by atoms with Gasteiger partial charge in [-0.3, -0.25) is 14.5 Å². The number of rotatable bonds is 5. The molecule has 1 saturated carbocycles. The molecule has 2 N–H and O–H groups in total. The van der Waals surface area contributed by atoms with Crippen molar-refractivity contribution in [2.45, 2.75) is 52.0 Å². The zero-order valence-corrected chi connectivity index (χ0v) is 13.4. The van der Waals surface area contributed by atoms with Crippen molar-refractivity contribution in [3.8, 4) is 0 Å². The molecule has 2 amide bonds. The largest absolute Gasteiger partial charge is 0.352 e. The van der Waals surface area contributed by atoms with E-state index >= 15 is 0 Å². The van der Waals surface area contributed by atoms with E-state index in [1.54, 1.807) is 0 Å². The molecule has 1 aliphatic heterocycles. The number of carbonyl (C=O) groups excluding carboxylic acids is 2. The summed E-state index contributed by atoms with van der Waals surface area (Å²) in [7, 11) is 0. The lowest BCUT2D eigenvalue weighted by atomic mass is 9.75. The Morgan fingerprint density at radius 3 is 2.52 bits per heavy atom. The third kappa shape index (κ3) is 5.30. The van der Waals surface area contributed by atoms with E-state index < -0.39 is 0 Å². The molecule has 0 aromatic carbocycles. The summed E-state index contributed by atoms with van der Waals surface area (Å²) in [6.45, 7) is 6.40. The first-order valence-electron chi connectivity index (χ1n) is 8.33. The van der Waals surface area contributed by atoms with Gasteiger partial charge >= 0.3 is 0 Å². The molecule has 0 spiro atoms. The minimum absolute atomic E-state index is 0.0387. The van der Waals surface area contributed by atoms with Gasteiger partial charge in [-0.05, 0) is 45.1 Å². The normalized spacial score (nSPS) is 26.2. The first-order chi connectivity index (χ1) is 10.0. The molecule has 2 fully saturated rings. The summed E-state index contributed by atoms with van der Waals surface area (Å²) >= 11 is 0. The highest BCUT2D eigenvalue weighted by atomic mass is 16.2. The van der Waals surface area contributed by atoms with Crippen LogP contribution in [0.2, 0.25) is 0 Å². The molecule has 5 nitrogen and oxygen atoms in total. The van der Waals surface area contributed by atoms with E-state index in [0.717, 1.165) is 24.9 Å². The Morgan fingerprint density at radius 1 is 1.10 bits per heavy atom. The molecule has 0 unspecified atom stereocenters. The molecular weight excluding hydrogens is 266 g/mol. The van der Waals surface area contributed by atoms with E-state index in [0.29, 0.717) is 6.54 Å². The SMILES string of the molecule is CC(C)NC(=O)CNC(=O)CN1CC[C@H]2CCCC[C@@H]2C1. The summed E-state index contributed by atoms with van der Waals surface area (Å²) in [5, 5.41) is 5.49. The van der Waals surface area contributed by atoms with E-state index in [1.165, 1.54) is 32.1 Å². The van der Waals surface area contributed by atoms with Crippen molar-refractivity contribution in [1.82, 2.24) is 15.5 Å². The van der Waals surface area contributed by atoms with Crippen LogP contribution in [-0.4, -0.2) is 48.9 Å². The van der Waals surface area contributed by atoms with Crippen molar-refractivity contribution in [3.05, 3.63) is 0 Å². The molecule has 2 rings (SSSR count). The van der Waals surface area contributed by atoms with E-state index in [9.17, 15) is 9.59 Å². The fourth-order valence-corrected chi connectivity index (χ4v) is 3.63. The number of carbonyl (C=O) groups is 2. The maximum atomic E-state index is 11.9. The monoisotopic (exact) mass is 295 g/mol. The van der Waals surface area contributed by atoms with E-state index in [4.69, 9.17) is 0 Å². The Morgan fingerprint density at radius 2 is 1.81 bits per heavy atom. The summed E-state index contributed by atoms with van der Waals surface area (Å²) in [4.78, 5) is 25.7. The zero-order valence-electron chi connectivity index (χ0n) is 13.4. The van der Waals surface area contributed by atoms with Crippen LogP contribution < -0.4 is 10.6 Å². The molecule has 1 heterocycles. The highest BCUT2D eigenvalue weighted by Crippen LogP contribution is 2.35. The van der Waals surface area contributed by atoms with Gasteiger partial charge in [-0.25, -0.2) is 0 Å². The number of hydrogen-bond acceptors (Lipinski definition) is 3. The quantitative estimate of drug-likeness (QED) is 0.799. The summed E-state index contributed by atoms with van der Waals surface area (Å²) < 4.78 is 0. The van der Waals surface area contributed by atoms with Crippen molar-refractivity contribution in [1.29, 1.82) is 0 Å². The predicted octanol–water partition coefficient (Wildman–Crippen LogP) is 1.14. The minimum atomic E-state index is -0.121. The molecule has 5 heteroatoms. The van der Waals surface area contributed by atoms with Crippen molar-refractivity contribution in [3.63, 3.8) is 0 Å². The molecule has 1 aliphatic carbocycles. The van der Waals surface area contributed by atoms with Gasteiger partial charge in [0, 0.05) is 12.6 Å². The predicted molar refractivity (Wildman–Crippen MR) is 82.8 cm³/mol. The van der Waals surface area contributed by atoms with Crippen LogP contribution in [-0.2, 0) is 9.59 Å². The first-order valence-corrected chi connectivity index (χ1v) is 8.33. The van der Waals surface area contributed by atoms with Gasteiger partial charge in [-0.1, -0.05) is 19.3 Å². The van der Waals surface area contributed by atoms with Crippen LogP contribution in [0.5, 0.6) is 0 Å². The van der Waals surface area contributed by atoms with Crippen molar-refractivity contribution in [2.75, 3.05) is 26.2 Å². The average molecular weight is 295 g/mol. The summed E-state index contributed by atoms with van der Waals surface area (Å²) in [5.41, 5.74) is 0. The van der Waals surface area contributed by atoms with Crippen molar-refractivity contribution in [2.24, 2.45) is 11.8 Å². The van der Waals surface area contributed by atoms with E-state index in [1.807, 2.05) is 13.8 Å². The Bertz CT molecular complexity index is 371. The summed E-state index contributed by atoms with van der Waals surface area (Å²) in [6, 6.07) is 0.111. The lowest BCUT2D eigenvalue weighted by Gasteiger charge is -2.41. The molecule has 0 bridgehead atoms. The summed E-state index contributed by atoms with van der Waals surface area (Å²) in [6.07, 6.45) is 6.65. The lowest BCUT2D eigenvalue weighted by molar-refractivity contribution is -0.127. The number of fused-ring (bicyclic) bond motifs is 1. The van der Waals surface area contributed by atoms with Gasteiger partial charge in [0.1, 0.15) is 0 Å². The maximum absolute atomic E-state index is 11.9. The molecule has 2 atom stereocenters. The topological polar surface area (TPSA) is 61.4 Å². The van der Waals surface area contributed by atoms with Gasteiger partial charge in [0.05, 0.1) is 13.1 Å². The van der Waals surface area contributed by atoms with Crippen molar-refractivity contribution < 1.29 is 9.59 Å². The second-order valence-corrected chi connectivity index (χ2v) is 6.83. The molecule has 2 aliphatic rings. The highest BCUT2D eigenvalue weighted by Gasteiger charge is 2.31. The van der Waals surface area contributed by atoms with Crippen LogP contribution in [0.15, 0.2) is 0 Å². The van der Waals surface area contributed by atoms with Crippen LogP contribution >= 0.6 is 0 Å². The van der Waals surface area contributed by atoms with Crippen LogP contribution in [0.1, 0.15) is 46.0 Å². The van der Waals surface area contributed by atoms with Gasteiger partial charge < -0.3 is 10.6 Å². The fourth-order valence-electron chi connectivity index (χ4n) is 3.63. The molecule has 0 aromatic heterocycles. The van der Waals surface area contributed by atoms with E-state index in [2.05, 4.69) is 15.5 Å². The van der Waals surface area contributed by atoms with Crippen molar-refractivity contribution >= 4 is 11.8 Å². The average Bonchev–Trinajstić information content (AvgIpc) is 2.44. The van der Waals surface area contributed by atoms with Gasteiger partial charge in [-0.15, -0.1) is 0 Å². The van der Waals surface area contributed by atoms with Crippen LogP contribution in [0, 0.1) is 11.8 Å². The van der Waals surface area contributed by atoms with E-state index in [-0.39, 0.29) is 24.4 Å². The molecule has 120 valence electrons. The Labute approximate surface area is 127 Å². The third-order valence-corrected chi connectivity index (χ3v) is 4.64. The molecular formula is C16H29N3O2.